The molecule has 0 aliphatic rings. The lowest BCUT2D eigenvalue weighted by Crippen LogP contribution is -2.06. The molecule has 0 fully saturated rings. The van der Waals surface area contributed by atoms with Gasteiger partial charge in [0, 0.05) is 0 Å². The first-order chi connectivity index (χ1) is 9.58. The van der Waals surface area contributed by atoms with Gasteiger partial charge in [-0.15, -0.1) is 0 Å². The minimum absolute atomic E-state index is 0.249. The molecule has 20 heavy (non-hydrogen) atoms. The number of rotatable bonds is 5. The quantitative estimate of drug-likeness (QED) is 0.912. The van der Waals surface area contributed by atoms with E-state index in [0.29, 0.717) is 29.9 Å². The molecule has 0 bridgehead atoms. The Labute approximate surface area is 116 Å². The molecular weight excluding hydrogens is 259 g/mol. The number of benzene rings is 1. The van der Waals surface area contributed by atoms with E-state index in [4.69, 9.17) is 0 Å². The van der Waals surface area contributed by atoms with Crippen molar-refractivity contribution in [3.63, 3.8) is 0 Å². The number of hydrogen-bond acceptors (Lipinski definition) is 2. The zero-order chi connectivity index (χ0) is 14.7. The second-order valence-electron chi connectivity index (χ2n) is 4.57. The van der Waals surface area contributed by atoms with Gasteiger partial charge >= 0.3 is 5.97 Å². The number of nitrogens with zero attached hydrogens (tertiary/aromatic N) is 2. The summed E-state index contributed by atoms with van der Waals surface area (Å²) >= 11 is 0. The third kappa shape index (κ3) is 2.57. The maximum Gasteiger partial charge on any atom is 0.339 e. The van der Waals surface area contributed by atoms with Gasteiger partial charge in [0.05, 0.1) is 17.1 Å². The average molecular weight is 276 g/mol. The highest BCUT2D eigenvalue weighted by Gasteiger charge is 2.22. The van der Waals surface area contributed by atoms with Crippen molar-refractivity contribution in [3.05, 3.63) is 47.0 Å². The van der Waals surface area contributed by atoms with Crippen LogP contribution in [0.1, 0.15) is 42.0 Å². The predicted molar refractivity (Wildman–Crippen MR) is 73.9 cm³/mol. The molecular formula is C15H17FN2O2. The molecule has 1 aromatic heterocycles. The molecule has 2 rings (SSSR count). The minimum atomic E-state index is -0.979. The number of carboxylic acid groups (broad SMARTS) is 1. The Morgan fingerprint density at radius 1 is 1.40 bits per heavy atom. The number of carboxylic acids is 1. The van der Waals surface area contributed by atoms with E-state index in [9.17, 15) is 14.3 Å². The van der Waals surface area contributed by atoms with Crippen LogP contribution in [-0.2, 0) is 12.8 Å². The highest BCUT2D eigenvalue weighted by molar-refractivity contribution is 5.90. The molecule has 0 amide bonds. The molecule has 1 heterocycles. The molecule has 0 saturated carbocycles. The fourth-order valence-corrected chi connectivity index (χ4v) is 2.31. The van der Waals surface area contributed by atoms with Crippen LogP contribution >= 0.6 is 0 Å². The Hall–Kier alpha value is -2.17. The van der Waals surface area contributed by atoms with E-state index in [2.05, 4.69) is 5.10 Å². The Morgan fingerprint density at radius 3 is 2.70 bits per heavy atom. The van der Waals surface area contributed by atoms with Crippen molar-refractivity contribution in [3.8, 4) is 5.69 Å². The van der Waals surface area contributed by atoms with E-state index in [-0.39, 0.29) is 11.4 Å². The lowest BCUT2D eigenvalue weighted by molar-refractivity contribution is 0.0694. The van der Waals surface area contributed by atoms with E-state index < -0.39 is 5.97 Å². The summed E-state index contributed by atoms with van der Waals surface area (Å²) in [6.45, 7) is 3.84. The Morgan fingerprint density at radius 2 is 2.15 bits per heavy atom. The zero-order valence-corrected chi connectivity index (χ0v) is 11.6. The number of hydrogen-bond donors (Lipinski definition) is 1. The molecule has 0 saturated heterocycles. The van der Waals surface area contributed by atoms with Crippen LogP contribution in [0.4, 0.5) is 4.39 Å². The standard InChI is InChI=1S/C15H17FN2O2/c1-3-6-12-14(15(19)20)13(4-2)18(17-12)11-8-5-7-10(16)9-11/h5,7-9H,3-4,6H2,1-2H3,(H,19,20). The predicted octanol–water partition coefficient (Wildman–Crippen LogP) is 3.22. The first kappa shape index (κ1) is 14.2. The molecule has 106 valence electrons. The molecule has 5 heteroatoms. The topological polar surface area (TPSA) is 55.1 Å². The third-order valence-electron chi connectivity index (χ3n) is 3.14. The van der Waals surface area contributed by atoms with Crippen LogP contribution in [0.25, 0.3) is 5.69 Å². The zero-order valence-electron chi connectivity index (χ0n) is 11.6. The van der Waals surface area contributed by atoms with Crippen LogP contribution in [0.15, 0.2) is 24.3 Å². The van der Waals surface area contributed by atoms with Crippen LogP contribution in [-0.4, -0.2) is 20.9 Å². The fraction of sp³-hybridized carbons (Fsp3) is 0.333. The number of carbonyl (C=O) groups is 1. The van der Waals surface area contributed by atoms with E-state index in [0.717, 1.165) is 6.42 Å². The van der Waals surface area contributed by atoms with Crippen molar-refractivity contribution in [1.29, 1.82) is 0 Å². The van der Waals surface area contributed by atoms with E-state index in [1.54, 1.807) is 12.1 Å². The molecule has 1 aromatic carbocycles. The lowest BCUT2D eigenvalue weighted by atomic mass is 10.1. The molecule has 2 aromatic rings. The number of aromatic carboxylic acids is 1. The SMILES string of the molecule is CCCc1nn(-c2cccc(F)c2)c(CC)c1C(=O)O. The molecule has 0 aliphatic heterocycles. The van der Waals surface area contributed by atoms with Gasteiger partial charge in [0.25, 0.3) is 0 Å². The molecule has 4 nitrogen and oxygen atoms in total. The first-order valence-corrected chi connectivity index (χ1v) is 6.68. The minimum Gasteiger partial charge on any atom is -0.478 e. The monoisotopic (exact) mass is 276 g/mol. The number of aryl methyl sites for hydroxylation is 1. The molecule has 0 unspecified atom stereocenters. The van der Waals surface area contributed by atoms with Crippen LogP contribution < -0.4 is 0 Å². The average Bonchev–Trinajstić information content (AvgIpc) is 2.77. The van der Waals surface area contributed by atoms with Gasteiger partial charge in [-0.3, -0.25) is 0 Å². The van der Waals surface area contributed by atoms with Crippen molar-refractivity contribution < 1.29 is 14.3 Å². The summed E-state index contributed by atoms with van der Waals surface area (Å²) in [5.74, 6) is -1.35. The summed E-state index contributed by atoms with van der Waals surface area (Å²) in [6.07, 6.45) is 1.93. The third-order valence-corrected chi connectivity index (χ3v) is 3.14. The first-order valence-electron chi connectivity index (χ1n) is 6.68. The summed E-state index contributed by atoms with van der Waals surface area (Å²) in [5, 5.41) is 13.8. The maximum absolute atomic E-state index is 13.3. The molecule has 0 aliphatic carbocycles. The molecule has 0 spiro atoms. The molecule has 0 atom stereocenters. The number of halogens is 1. The van der Waals surface area contributed by atoms with Crippen LogP contribution in [0.5, 0.6) is 0 Å². The second-order valence-corrected chi connectivity index (χ2v) is 4.57. The van der Waals surface area contributed by atoms with Gasteiger partial charge in [-0.2, -0.15) is 5.10 Å². The second kappa shape index (κ2) is 5.86. The summed E-state index contributed by atoms with van der Waals surface area (Å²) in [7, 11) is 0. The van der Waals surface area contributed by atoms with E-state index in [1.807, 2.05) is 13.8 Å². The van der Waals surface area contributed by atoms with Crippen LogP contribution in [0.3, 0.4) is 0 Å². The fourth-order valence-electron chi connectivity index (χ4n) is 2.31. The number of aromatic nitrogens is 2. The van der Waals surface area contributed by atoms with Gasteiger partial charge in [-0.1, -0.05) is 26.3 Å². The van der Waals surface area contributed by atoms with Crippen molar-refractivity contribution in [2.24, 2.45) is 0 Å². The van der Waals surface area contributed by atoms with Crippen molar-refractivity contribution in [2.45, 2.75) is 33.1 Å². The Bertz CT molecular complexity index is 635. The highest BCUT2D eigenvalue weighted by Crippen LogP contribution is 2.21. The van der Waals surface area contributed by atoms with Gasteiger partial charge in [-0.05, 0) is 31.0 Å². The van der Waals surface area contributed by atoms with Gasteiger partial charge in [-0.25, -0.2) is 13.9 Å². The molecule has 1 N–H and O–H groups in total. The lowest BCUT2D eigenvalue weighted by Gasteiger charge is -2.06. The maximum atomic E-state index is 13.3. The van der Waals surface area contributed by atoms with Crippen LogP contribution in [0, 0.1) is 5.82 Å². The summed E-state index contributed by atoms with van der Waals surface area (Å²) < 4.78 is 14.9. The van der Waals surface area contributed by atoms with Crippen molar-refractivity contribution >= 4 is 5.97 Å². The highest BCUT2D eigenvalue weighted by atomic mass is 19.1. The largest absolute Gasteiger partial charge is 0.478 e. The summed E-state index contributed by atoms with van der Waals surface area (Å²) in [5.41, 5.74) is 1.96. The van der Waals surface area contributed by atoms with Gasteiger partial charge in [0.1, 0.15) is 11.4 Å². The van der Waals surface area contributed by atoms with Crippen molar-refractivity contribution in [2.75, 3.05) is 0 Å². The van der Waals surface area contributed by atoms with Gasteiger partial charge in [0.2, 0.25) is 0 Å². The van der Waals surface area contributed by atoms with Crippen molar-refractivity contribution in [1.82, 2.24) is 9.78 Å². The molecule has 0 radical (unpaired) electrons. The Kier molecular flexibility index (Phi) is 4.17. The van der Waals surface area contributed by atoms with Crippen LogP contribution in [0.2, 0.25) is 0 Å². The van der Waals surface area contributed by atoms with Gasteiger partial charge in [0.15, 0.2) is 0 Å². The Balaban J connectivity index is 2.64. The van der Waals surface area contributed by atoms with E-state index in [1.165, 1.54) is 16.8 Å². The smallest absolute Gasteiger partial charge is 0.339 e. The van der Waals surface area contributed by atoms with Gasteiger partial charge < -0.3 is 5.11 Å². The summed E-state index contributed by atoms with van der Waals surface area (Å²) in [6, 6.07) is 6.01. The summed E-state index contributed by atoms with van der Waals surface area (Å²) in [4.78, 5) is 11.5. The van der Waals surface area contributed by atoms with E-state index >= 15 is 0 Å². The normalized spacial score (nSPS) is 10.8.